The molecule has 0 aliphatic rings. The first-order valence-electron chi connectivity index (χ1n) is 19.0. The van der Waals surface area contributed by atoms with Crippen molar-refractivity contribution in [2.75, 3.05) is 0 Å². The van der Waals surface area contributed by atoms with Crippen LogP contribution in [0, 0.1) is 0 Å². The molecule has 6 heteroatoms. The van der Waals surface area contributed by atoms with Gasteiger partial charge in [0.25, 0.3) is 0 Å². The molecular formula is C51H30N4O2. The highest BCUT2D eigenvalue weighted by Gasteiger charge is 2.19. The van der Waals surface area contributed by atoms with Gasteiger partial charge in [0, 0.05) is 43.4 Å². The van der Waals surface area contributed by atoms with Gasteiger partial charge in [-0.05, 0) is 76.9 Å². The molecule has 0 aliphatic carbocycles. The molecule has 0 saturated heterocycles. The van der Waals surface area contributed by atoms with Crippen molar-refractivity contribution in [3.63, 3.8) is 0 Å². The highest BCUT2D eigenvalue weighted by molar-refractivity contribution is 6.14. The van der Waals surface area contributed by atoms with Crippen LogP contribution in [0.2, 0.25) is 0 Å². The molecule has 0 aliphatic heterocycles. The summed E-state index contributed by atoms with van der Waals surface area (Å²) in [5, 5.41) is 6.64. The molecule has 0 saturated carbocycles. The van der Waals surface area contributed by atoms with Crippen molar-refractivity contribution >= 4 is 65.7 Å². The Kier molecular flexibility index (Phi) is 6.83. The van der Waals surface area contributed by atoms with Gasteiger partial charge in [-0.25, -0.2) is 4.98 Å². The number of aromatic nitrogens is 4. The molecule has 0 spiro atoms. The Balaban J connectivity index is 1.02. The van der Waals surface area contributed by atoms with Crippen molar-refractivity contribution < 1.29 is 8.83 Å². The average Bonchev–Trinajstić information content (AvgIpc) is 3.95. The smallest absolute Gasteiger partial charge is 0.238 e. The third kappa shape index (κ3) is 5.01. The third-order valence-corrected chi connectivity index (χ3v) is 11.1. The second-order valence-corrected chi connectivity index (χ2v) is 14.4. The van der Waals surface area contributed by atoms with Gasteiger partial charge >= 0.3 is 0 Å². The maximum Gasteiger partial charge on any atom is 0.238 e. The minimum Gasteiger partial charge on any atom is -0.456 e. The predicted octanol–water partition coefficient (Wildman–Crippen LogP) is 13.4. The van der Waals surface area contributed by atoms with Crippen LogP contribution in [0.25, 0.3) is 117 Å². The topological polar surface area (TPSA) is 69.9 Å². The van der Waals surface area contributed by atoms with Crippen LogP contribution >= 0.6 is 0 Å². The number of para-hydroxylation sites is 3. The Morgan fingerprint density at radius 2 is 0.912 bits per heavy atom. The molecule has 12 rings (SSSR count). The van der Waals surface area contributed by atoms with Crippen LogP contribution in [-0.4, -0.2) is 19.5 Å². The summed E-state index contributed by atoms with van der Waals surface area (Å²) in [7, 11) is 0. The van der Waals surface area contributed by atoms with Gasteiger partial charge in [-0.3, -0.25) is 4.57 Å². The number of hydrogen-bond donors (Lipinski definition) is 0. The number of hydrogen-bond acceptors (Lipinski definition) is 5. The zero-order chi connectivity index (χ0) is 37.5. The molecule has 0 radical (unpaired) electrons. The summed E-state index contributed by atoms with van der Waals surface area (Å²) in [4.78, 5) is 15.4. The minimum atomic E-state index is 0.568. The largest absolute Gasteiger partial charge is 0.456 e. The zero-order valence-corrected chi connectivity index (χ0v) is 30.4. The van der Waals surface area contributed by atoms with Crippen molar-refractivity contribution in [3.8, 4) is 51.0 Å². The number of benzene rings is 8. The van der Waals surface area contributed by atoms with Crippen LogP contribution < -0.4 is 0 Å². The molecule has 0 fully saturated rings. The van der Waals surface area contributed by atoms with E-state index in [1.165, 1.54) is 0 Å². The lowest BCUT2D eigenvalue weighted by molar-refractivity contribution is 0.669. The van der Waals surface area contributed by atoms with Gasteiger partial charge in [0.15, 0.2) is 11.6 Å². The summed E-state index contributed by atoms with van der Waals surface area (Å²) in [6.07, 6.45) is 0. The molecule has 12 aromatic rings. The molecule has 57 heavy (non-hydrogen) atoms. The molecule has 0 unspecified atom stereocenters. The lowest BCUT2D eigenvalue weighted by Gasteiger charge is -2.12. The van der Waals surface area contributed by atoms with E-state index >= 15 is 0 Å². The van der Waals surface area contributed by atoms with Crippen LogP contribution in [0.5, 0.6) is 0 Å². The Labute approximate surface area is 325 Å². The Morgan fingerprint density at radius 3 is 1.74 bits per heavy atom. The number of nitrogens with zero attached hydrogens (tertiary/aromatic N) is 4. The van der Waals surface area contributed by atoms with Crippen LogP contribution in [-0.2, 0) is 0 Å². The predicted molar refractivity (Wildman–Crippen MR) is 230 cm³/mol. The first-order valence-corrected chi connectivity index (χ1v) is 19.0. The maximum atomic E-state index is 6.47. The van der Waals surface area contributed by atoms with Crippen molar-refractivity contribution in [1.82, 2.24) is 19.5 Å². The first kappa shape index (κ1) is 31.5. The third-order valence-electron chi connectivity index (χ3n) is 11.1. The van der Waals surface area contributed by atoms with E-state index in [0.717, 1.165) is 99.1 Å². The van der Waals surface area contributed by atoms with Crippen molar-refractivity contribution in [3.05, 3.63) is 182 Å². The van der Waals surface area contributed by atoms with E-state index < -0.39 is 0 Å². The van der Waals surface area contributed by atoms with Crippen molar-refractivity contribution in [1.29, 1.82) is 0 Å². The molecule has 4 heterocycles. The summed E-state index contributed by atoms with van der Waals surface area (Å²) >= 11 is 0. The van der Waals surface area contributed by atoms with E-state index in [4.69, 9.17) is 23.8 Å². The van der Waals surface area contributed by atoms with Gasteiger partial charge in [0.05, 0.1) is 11.0 Å². The number of furan rings is 2. The van der Waals surface area contributed by atoms with Crippen LogP contribution in [0.15, 0.2) is 191 Å². The standard InChI is InChI=1S/C51H30N4O2/c1-2-12-31(13-3-1)49-52-50(54-51(53-49)55-42-20-7-4-16-37(42)38-17-5-8-21-43(38)55)35-15-10-14-34(28-35)36-19-11-23-46-48(36)41-29-32(25-27-45(41)56-46)33-24-26-40-39-18-6-9-22-44(39)57-47(40)30-33/h1-30H. The molecule has 4 aromatic heterocycles. The summed E-state index contributed by atoms with van der Waals surface area (Å²) in [6.45, 7) is 0. The summed E-state index contributed by atoms with van der Waals surface area (Å²) in [6, 6.07) is 62.7. The summed E-state index contributed by atoms with van der Waals surface area (Å²) in [5.41, 5.74) is 11.6. The average molecular weight is 731 g/mol. The Morgan fingerprint density at radius 1 is 0.333 bits per heavy atom. The fourth-order valence-electron chi connectivity index (χ4n) is 8.43. The SMILES string of the molecule is c1ccc(-c2nc(-c3cccc(-c4cccc5oc6ccc(-c7ccc8c(c7)oc7ccccc78)cc6c45)c3)nc(-n3c4ccccc4c4ccccc43)n2)cc1. The fraction of sp³-hybridized carbons (Fsp3) is 0. The van der Waals surface area contributed by atoms with Gasteiger partial charge in [-0.15, -0.1) is 0 Å². The van der Waals surface area contributed by atoms with E-state index in [9.17, 15) is 0 Å². The monoisotopic (exact) mass is 730 g/mol. The minimum absolute atomic E-state index is 0.568. The lowest BCUT2D eigenvalue weighted by atomic mass is 9.96. The normalized spacial score (nSPS) is 11.9. The maximum absolute atomic E-state index is 6.47. The van der Waals surface area contributed by atoms with Crippen LogP contribution in [0.4, 0.5) is 0 Å². The molecule has 0 N–H and O–H groups in total. The molecule has 266 valence electrons. The quantitative estimate of drug-likeness (QED) is 0.176. The second-order valence-electron chi connectivity index (χ2n) is 14.4. The fourth-order valence-corrected chi connectivity index (χ4v) is 8.43. The van der Waals surface area contributed by atoms with Crippen LogP contribution in [0.1, 0.15) is 0 Å². The van der Waals surface area contributed by atoms with E-state index in [0.29, 0.717) is 17.6 Å². The van der Waals surface area contributed by atoms with Gasteiger partial charge in [0.1, 0.15) is 22.3 Å². The van der Waals surface area contributed by atoms with Gasteiger partial charge < -0.3 is 8.83 Å². The number of fused-ring (bicyclic) bond motifs is 9. The van der Waals surface area contributed by atoms with Gasteiger partial charge in [-0.2, -0.15) is 9.97 Å². The van der Waals surface area contributed by atoms with E-state index in [-0.39, 0.29) is 0 Å². The van der Waals surface area contributed by atoms with Crippen LogP contribution in [0.3, 0.4) is 0 Å². The molecular weight excluding hydrogens is 701 g/mol. The Bertz CT molecular complexity index is 3490. The second kappa shape index (κ2) is 12.3. The van der Waals surface area contributed by atoms with Crippen molar-refractivity contribution in [2.45, 2.75) is 0 Å². The van der Waals surface area contributed by atoms with Gasteiger partial charge in [-0.1, -0.05) is 127 Å². The molecule has 0 amide bonds. The lowest BCUT2D eigenvalue weighted by Crippen LogP contribution is -2.06. The molecule has 0 atom stereocenters. The molecule has 8 aromatic carbocycles. The highest BCUT2D eigenvalue weighted by atomic mass is 16.3. The van der Waals surface area contributed by atoms with E-state index in [1.807, 2.05) is 54.6 Å². The highest BCUT2D eigenvalue weighted by Crippen LogP contribution is 2.40. The Hall–Kier alpha value is -7.83. The first-order chi connectivity index (χ1) is 28.2. The molecule has 0 bridgehead atoms. The van der Waals surface area contributed by atoms with E-state index in [2.05, 4.69) is 132 Å². The zero-order valence-electron chi connectivity index (χ0n) is 30.4. The molecule has 6 nitrogen and oxygen atoms in total. The summed E-state index contributed by atoms with van der Waals surface area (Å²) < 4.78 is 14.9. The van der Waals surface area contributed by atoms with E-state index in [1.54, 1.807) is 0 Å². The van der Waals surface area contributed by atoms with Crippen molar-refractivity contribution in [2.24, 2.45) is 0 Å². The van der Waals surface area contributed by atoms with Gasteiger partial charge in [0.2, 0.25) is 5.95 Å². The summed E-state index contributed by atoms with van der Waals surface area (Å²) in [5.74, 6) is 1.77. The number of rotatable bonds is 5.